The molecule has 8 heteroatoms. The molecule has 1 amide bonds. The molecule has 1 aromatic carbocycles. The summed E-state index contributed by atoms with van der Waals surface area (Å²) in [6.07, 6.45) is 4.39. The van der Waals surface area contributed by atoms with Crippen LogP contribution in [0.15, 0.2) is 58.1 Å². The maximum absolute atomic E-state index is 12.2. The number of likely N-dealkylation sites (N-methyl/N-ethyl adjacent to an activating group) is 1. The maximum atomic E-state index is 12.2. The van der Waals surface area contributed by atoms with Gasteiger partial charge in [-0.1, -0.05) is 12.1 Å². The smallest absolute Gasteiger partial charge is 0.269 e. The van der Waals surface area contributed by atoms with Crippen LogP contribution < -0.4 is 4.72 Å². The topological polar surface area (TPSA) is 88.8 Å². The molecule has 0 spiro atoms. The normalized spacial score (nSPS) is 11.8. The molecule has 0 radical (unpaired) electrons. The van der Waals surface area contributed by atoms with E-state index in [4.69, 9.17) is 9.25 Å². The Morgan fingerprint density at radius 3 is 2.58 bits per heavy atom. The summed E-state index contributed by atoms with van der Waals surface area (Å²) < 4.78 is 31.9. The summed E-state index contributed by atoms with van der Waals surface area (Å²) in [5, 5.41) is 1.08. The van der Waals surface area contributed by atoms with Crippen LogP contribution in [0.2, 0.25) is 0 Å². The fourth-order valence-corrected chi connectivity index (χ4v) is 2.78. The molecule has 0 aliphatic heterocycles. The highest BCUT2D eigenvalue weighted by molar-refractivity contribution is 7.89. The van der Waals surface area contributed by atoms with E-state index in [9.17, 15) is 13.2 Å². The first-order valence-corrected chi connectivity index (χ1v) is 8.52. The van der Waals surface area contributed by atoms with Gasteiger partial charge in [-0.15, -0.1) is 0 Å². The van der Waals surface area contributed by atoms with E-state index in [1.165, 1.54) is 38.6 Å². The number of furan rings is 1. The largest absolute Gasteiger partial charge is 0.468 e. The average Bonchev–Trinajstić information content (AvgIpc) is 3.11. The number of amides is 1. The fourth-order valence-electron chi connectivity index (χ4n) is 1.78. The zero-order chi connectivity index (χ0) is 17.6. The van der Waals surface area contributed by atoms with E-state index >= 15 is 0 Å². The zero-order valence-electron chi connectivity index (χ0n) is 13.3. The number of hydroxylamine groups is 2. The minimum absolute atomic E-state index is 0.0782. The minimum atomic E-state index is -3.63. The van der Waals surface area contributed by atoms with E-state index in [1.807, 2.05) is 0 Å². The number of carbonyl (C=O) groups is 1. The Morgan fingerprint density at radius 2 is 2.00 bits per heavy atom. The van der Waals surface area contributed by atoms with Crippen LogP contribution in [-0.2, 0) is 26.2 Å². The van der Waals surface area contributed by atoms with E-state index in [0.717, 1.165) is 5.06 Å². The standard InChI is InChI=1S/C16H18N2O5S/c1-18(22-2)16(19)10-7-13-5-8-15(9-6-13)24(20,21)17-12-14-4-3-11-23-14/h3-11,17H,12H2,1-2H3/b10-7+. The lowest BCUT2D eigenvalue weighted by Crippen LogP contribution is -2.23. The Balaban J connectivity index is 2.02. The molecule has 0 bridgehead atoms. The van der Waals surface area contributed by atoms with Gasteiger partial charge in [0.1, 0.15) is 5.76 Å². The summed E-state index contributed by atoms with van der Waals surface area (Å²) in [6, 6.07) is 9.52. The van der Waals surface area contributed by atoms with Crippen LogP contribution in [0.5, 0.6) is 0 Å². The number of benzene rings is 1. The van der Waals surface area contributed by atoms with Crippen molar-refractivity contribution in [2.75, 3.05) is 14.2 Å². The van der Waals surface area contributed by atoms with Crippen LogP contribution >= 0.6 is 0 Å². The minimum Gasteiger partial charge on any atom is -0.468 e. The van der Waals surface area contributed by atoms with Gasteiger partial charge in [-0.05, 0) is 35.9 Å². The molecular formula is C16H18N2O5S. The third-order valence-electron chi connectivity index (χ3n) is 3.21. The van der Waals surface area contributed by atoms with Crippen LogP contribution in [0.25, 0.3) is 6.08 Å². The van der Waals surface area contributed by atoms with E-state index in [2.05, 4.69) is 4.72 Å². The number of rotatable bonds is 7. The molecule has 128 valence electrons. The first-order valence-electron chi connectivity index (χ1n) is 7.04. The van der Waals surface area contributed by atoms with Crippen molar-refractivity contribution in [3.8, 4) is 0 Å². The van der Waals surface area contributed by atoms with Gasteiger partial charge in [0.05, 0.1) is 24.8 Å². The second-order valence-corrected chi connectivity index (χ2v) is 6.59. The second-order valence-electron chi connectivity index (χ2n) is 4.82. The van der Waals surface area contributed by atoms with Crippen molar-refractivity contribution >= 4 is 22.0 Å². The van der Waals surface area contributed by atoms with Crippen LogP contribution in [0.1, 0.15) is 11.3 Å². The highest BCUT2D eigenvalue weighted by Gasteiger charge is 2.14. The summed E-state index contributed by atoms with van der Waals surface area (Å²) in [4.78, 5) is 16.5. The molecule has 0 saturated carbocycles. The summed E-state index contributed by atoms with van der Waals surface area (Å²) in [5.74, 6) is 0.202. The molecule has 0 atom stereocenters. The highest BCUT2D eigenvalue weighted by atomic mass is 32.2. The van der Waals surface area contributed by atoms with Gasteiger partial charge < -0.3 is 4.42 Å². The van der Waals surface area contributed by atoms with E-state index < -0.39 is 10.0 Å². The Kier molecular flexibility index (Phi) is 5.91. The first kappa shape index (κ1) is 17.9. The Hall–Kier alpha value is -2.42. The summed E-state index contributed by atoms with van der Waals surface area (Å²) in [7, 11) is -0.748. The molecule has 1 N–H and O–H groups in total. The van der Waals surface area contributed by atoms with E-state index in [1.54, 1.807) is 30.3 Å². The van der Waals surface area contributed by atoms with Gasteiger partial charge in [-0.2, -0.15) is 0 Å². The molecular weight excluding hydrogens is 332 g/mol. The van der Waals surface area contributed by atoms with Crippen LogP contribution in [0, 0.1) is 0 Å². The maximum Gasteiger partial charge on any atom is 0.269 e. The number of hydrogen-bond acceptors (Lipinski definition) is 5. The van der Waals surface area contributed by atoms with Crippen LogP contribution in [-0.4, -0.2) is 33.5 Å². The lowest BCUT2D eigenvalue weighted by Gasteiger charge is -2.10. The van der Waals surface area contributed by atoms with Crippen molar-refractivity contribution in [2.24, 2.45) is 0 Å². The second kappa shape index (κ2) is 7.91. The monoisotopic (exact) mass is 350 g/mol. The molecule has 1 aromatic heterocycles. The third-order valence-corrected chi connectivity index (χ3v) is 4.63. The molecule has 0 aliphatic rings. The van der Waals surface area contributed by atoms with Gasteiger partial charge in [0.15, 0.2) is 0 Å². The molecule has 7 nitrogen and oxygen atoms in total. The first-order chi connectivity index (χ1) is 11.4. The Morgan fingerprint density at radius 1 is 1.29 bits per heavy atom. The number of nitrogens with zero attached hydrogens (tertiary/aromatic N) is 1. The van der Waals surface area contributed by atoms with E-state index in [0.29, 0.717) is 11.3 Å². The number of nitrogens with one attached hydrogen (secondary N) is 1. The molecule has 0 aliphatic carbocycles. The zero-order valence-corrected chi connectivity index (χ0v) is 14.1. The van der Waals surface area contributed by atoms with Crippen LogP contribution in [0.3, 0.4) is 0 Å². The number of sulfonamides is 1. The van der Waals surface area contributed by atoms with Gasteiger partial charge >= 0.3 is 0 Å². The molecule has 0 fully saturated rings. The summed E-state index contributed by atoms with van der Waals surface area (Å²) >= 11 is 0. The van der Waals surface area contributed by atoms with Crippen molar-refractivity contribution in [3.63, 3.8) is 0 Å². The lowest BCUT2D eigenvalue weighted by atomic mass is 10.2. The van der Waals surface area contributed by atoms with Crippen molar-refractivity contribution < 1.29 is 22.5 Å². The third kappa shape index (κ3) is 4.79. The van der Waals surface area contributed by atoms with Gasteiger partial charge in [-0.3, -0.25) is 9.63 Å². The molecule has 1 heterocycles. The predicted octanol–water partition coefficient (Wildman–Crippen LogP) is 1.79. The van der Waals surface area contributed by atoms with Gasteiger partial charge in [0.25, 0.3) is 5.91 Å². The Bertz CT molecular complexity index is 796. The van der Waals surface area contributed by atoms with Crippen molar-refractivity contribution in [1.29, 1.82) is 0 Å². The number of hydrogen-bond donors (Lipinski definition) is 1. The van der Waals surface area contributed by atoms with Crippen molar-refractivity contribution in [3.05, 3.63) is 60.1 Å². The lowest BCUT2D eigenvalue weighted by molar-refractivity contribution is -0.162. The predicted molar refractivity (Wildman–Crippen MR) is 88.0 cm³/mol. The molecule has 2 rings (SSSR count). The van der Waals surface area contributed by atoms with Gasteiger partial charge in [0.2, 0.25) is 10.0 Å². The van der Waals surface area contributed by atoms with E-state index in [-0.39, 0.29) is 17.3 Å². The molecule has 0 saturated heterocycles. The molecule has 2 aromatic rings. The van der Waals surface area contributed by atoms with Gasteiger partial charge in [-0.25, -0.2) is 18.2 Å². The SMILES string of the molecule is CON(C)C(=O)/C=C/c1ccc(S(=O)(=O)NCc2ccco2)cc1. The highest BCUT2D eigenvalue weighted by Crippen LogP contribution is 2.12. The number of carbonyl (C=O) groups excluding carboxylic acids is 1. The Labute approximate surface area is 140 Å². The van der Waals surface area contributed by atoms with Gasteiger partial charge in [0, 0.05) is 13.1 Å². The summed E-state index contributed by atoms with van der Waals surface area (Å²) in [6.45, 7) is 0.0782. The van der Waals surface area contributed by atoms with Crippen LogP contribution in [0.4, 0.5) is 0 Å². The van der Waals surface area contributed by atoms with Crippen molar-refractivity contribution in [1.82, 2.24) is 9.79 Å². The fraction of sp³-hybridized carbons (Fsp3) is 0.188. The average molecular weight is 350 g/mol. The summed E-state index contributed by atoms with van der Waals surface area (Å²) in [5.41, 5.74) is 0.692. The molecule has 0 unspecified atom stereocenters. The molecule has 24 heavy (non-hydrogen) atoms. The quantitative estimate of drug-likeness (QED) is 0.607. The van der Waals surface area contributed by atoms with Crippen molar-refractivity contribution in [2.45, 2.75) is 11.4 Å².